The molecule has 62 heavy (non-hydrogen) atoms. The number of carbonyl (C=O) groups is 6. The molecular weight excluding hydrogens is 791 g/mol. The smallest absolute Gasteiger partial charge is 0.308 e. The highest BCUT2D eigenvalue weighted by atomic mass is 16.5. The summed E-state index contributed by atoms with van der Waals surface area (Å²) in [6.07, 6.45) is 6.00. The normalized spacial score (nSPS) is 14.1. The van der Waals surface area contributed by atoms with Gasteiger partial charge in [0.25, 0.3) is 5.91 Å². The van der Waals surface area contributed by atoms with Crippen molar-refractivity contribution in [1.29, 1.82) is 0 Å². The number of aliphatic hydroxyl groups is 1. The van der Waals surface area contributed by atoms with E-state index in [1.54, 1.807) is 43.3 Å². The summed E-state index contributed by atoms with van der Waals surface area (Å²) in [6.45, 7) is 8.89. The summed E-state index contributed by atoms with van der Waals surface area (Å²) in [4.78, 5) is 76.2. The molecule has 0 radical (unpaired) electrons. The van der Waals surface area contributed by atoms with Crippen LogP contribution in [0.25, 0.3) is 0 Å². The summed E-state index contributed by atoms with van der Waals surface area (Å²) in [7, 11) is 0. The van der Waals surface area contributed by atoms with Gasteiger partial charge in [-0.1, -0.05) is 69.7 Å². The summed E-state index contributed by atoms with van der Waals surface area (Å²) >= 11 is 0. The Morgan fingerprint density at radius 3 is 1.95 bits per heavy atom. The van der Waals surface area contributed by atoms with Crippen molar-refractivity contribution in [2.75, 3.05) is 17.2 Å². The Morgan fingerprint density at radius 1 is 0.726 bits per heavy atom. The lowest BCUT2D eigenvalue weighted by molar-refractivity contribution is -0.149. The fourth-order valence-electron chi connectivity index (χ4n) is 7.01. The number of aliphatic hydroxyl groups excluding tert-OH is 1. The first-order valence-electron chi connectivity index (χ1n) is 21.5. The maximum atomic E-state index is 14.1. The summed E-state index contributed by atoms with van der Waals surface area (Å²) in [5.41, 5.74) is 7.12. The van der Waals surface area contributed by atoms with Gasteiger partial charge in [0.2, 0.25) is 11.8 Å². The summed E-state index contributed by atoms with van der Waals surface area (Å²) in [5, 5.41) is 33.6. The molecule has 334 valence electrons. The summed E-state index contributed by atoms with van der Waals surface area (Å²) in [6, 6.07) is 22.3. The van der Waals surface area contributed by atoms with Crippen molar-refractivity contribution >= 4 is 52.5 Å². The second kappa shape index (κ2) is 26.2. The van der Waals surface area contributed by atoms with Gasteiger partial charge in [-0.3, -0.25) is 28.8 Å². The zero-order valence-electron chi connectivity index (χ0n) is 36.6. The number of hydrogen-bond donors (Lipinski definition) is 5. The van der Waals surface area contributed by atoms with Gasteiger partial charge >= 0.3 is 11.9 Å². The first-order chi connectivity index (χ1) is 29.6. The molecule has 3 amide bonds. The van der Waals surface area contributed by atoms with Gasteiger partial charge < -0.3 is 31.3 Å². The number of primary amides is 1. The number of benzene rings is 3. The maximum absolute atomic E-state index is 14.1. The molecule has 14 nitrogen and oxygen atoms in total. The third-order valence-corrected chi connectivity index (χ3v) is 11.1. The molecule has 0 saturated heterocycles. The van der Waals surface area contributed by atoms with Gasteiger partial charge in [-0.2, -0.15) is 5.11 Å². The molecule has 14 heteroatoms. The monoisotopic (exact) mass is 853 g/mol. The number of nitrogens with zero attached hydrogens (tertiary/aromatic N) is 2. The van der Waals surface area contributed by atoms with Crippen molar-refractivity contribution in [3.63, 3.8) is 0 Å². The van der Waals surface area contributed by atoms with Gasteiger partial charge in [-0.15, -0.1) is 5.11 Å². The Balaban J connectivity index is 1.82. The number of hydrogen-bond acceptors (Lipinski definition) is 10. The van der Waals surface area contributed by atoms with Crippen molar-refractivity contribution < 1.29 is 43.7 Å². The van der Waals surface area contributed by atoms with E-state index in [2.05, 4.69) is 20.9 Å². The number of carbonyl (C=O) groups excluding carboxylic acids is 5. The van der Waals surface area contributed by atoms with Gasteiger partial charge in [-0.25, -0.2) is 0 Å². The van der Waals surface area contributed by atoms with Gasteiger partial charge in [0, 0.05) is 28.8 Å². The number of esters is 1. The molecule has 5 atom stereocenters. The lowest BCUT2D eigenvalue weighted by Gasteiger charge is -2.24. The van der Waals surface area contributed by atoms with E-state index in [0.29, 0.717) is 70.1 Å². The second-order valence-corrected chi connectivity index (χ2v) is 15.9. The van der Waals surface area contributed by atoms with E-state index in [1.165, 1.54) is 19.1 Å². The van der Waals surface area contributed by atoms with E-state index in [9.17, 15) is 39.0 Å². The molecular formula is C48H63N5O9. The molecule has 0 spiro atoms. The van der Waals surface area contributed by atoms with E-state index >= 15 is 0 Å². The molecule has 0 saturated carbocycles. The van der Waals surface area contributed by atoms with Crippen LogP contribution in [0.2, 0.25) is 0 Å². The molecule has 3 aromatic rings. The first kappa shape index (κ1) is 50.2. The minimum absolute atomic E-state index is 0.0239. The van der Waals surface area contributed by atoms with Crippen LogP contribution in [0.1, 0.15) is 127 Å². The average molecular weight is 854 g/mol. The minimum atomic E-state index is -0.918. The largest absolute Gasteiger partial charge is 0.510 e. The van der Waals surface area contributed by atoms with E-state index in [0.717, 1.165) is 18.4 Å². The van der Waals surface area contributed by atoms with Gasteiger partial charge in [-0.05, 0) is 126 Å². The molecule has 3 aromatic carbocycles. The number of allylic oxidation sites excluding steroid dienone is 1. The zero-order chi connectivity index (χ0) is 45.6. The number of carboxylic acid groups (broad SMARTS) is 1. The van der Waals surface area contributed by atoms with Crippen molar-refractivity contribution in [3.8, 4) is 0 Å². The van der Waals surface area contributed by atoms with Crippen LogP contribution in [0.4, 0.5) is 17.1 Å². The van der Waals surface area contributed by atoms with Crippen LogP contribution >= 0.6 is 0 Å². The summed E-state index contributed by atoms with van der Waals surface area (Å²) in [5.74, 6) is -5.03. The number of nitrogens with one attached hydrogen (secondary N) is 2. The molecule has 3 rings (SSSR count). The Labute approximate surface area is 364 Å². The standard InChI is InChI=1S/C48H63N5O9/c1-6-8-28-62-48(61)38(21-20-31(3)32(4)54)27-24-36(35-14-10-9-11-15-35)23-26-37(25-22-34(7-2)47(59)60)45(57)50-40-17-13-18-41(30-40)51-46(58)43(33(5)55)53-52-42-19-12-16-39(29-42)44(49)56/h9-19,29-31,34,36-38,55H,6-8,20-28H2,1-5H3,(H2,49,56)(H,50,57)(H,51,58)(H,59,60). The van der Waals surface area contributed by atoms with Gasteiger partial charge in [0.15, 0.2) is 5.70 Å². The van der Waals surface area contributed by atoms with Crippen LogP contribution in [-0.4, -0.2) is 52.3 Å². The number of Topliss-reactive ketones (excluding diaryl/α,β-unsaturated/α-hetero) is 1. The highest BCUT2D eigenvalue weighted by molar-refractivity contribution is 6.04. The van der Waals surface area contributed by atoms with Crippen LogP contribution in [0, 0.1) is 23.7 Å². The van der Waals surface area contributed by atoms with Crippen LogP contribution in [0.15, 0.2) is 101 Å². The number of rotatable bonds is 27. The Hall–Kier alpha value is -6.18. The zero-order valence-corrected chi connectivity index (χ0v) is 36.6. The first-order valence-corrected chi connectivity index (χ1v) is 21.5. The van der Waals surface area contributed by atoms with Crippen molar-refractivity contribution in [3.05, 3.63) is 101 Å². The van der Waals surface area contributed by atoms with E-state index < -0.39 is 35.4 Å². The quantitative estimate of drug-likeness (QED) is 0.0161. The highest BCUT2D eigenvalue weighted by Gasteiger charge is 2.27. The molecule has 0 bridgehead atoms. The van der Waals surface area contributed by atoms with Crippen molar-refractivity contribution in [1.82, 2.24) is 0 Å². The average Bonchev–Trinajstić information content (AvgIpc) is 3.24. The Kier molecular flexibility index (Phi) is 21.2. The predicted octanol–water partition coefficient (Wildman–Crippen LogP) is 10.1. The number of anilines is 2. The minimum Gasteiger partial charge on any atom is -0.510 e. The number of unbranched alkanes of at least 4 members (excludes halogenated alkanes) is 1. The second-order valence-electron chi connectivity index (χ2n) is 15.9. The molecule has 0 fully saturated rings. The molecule has 0 aromatic heterocycles. The SMILES string of the molecule is CCCCOC(=O)C(CCC(C)C(C)=O)CCC(CCC(CCC(CC)C(=O)O)C(=O)Nc1cccc(NC(=O)C(N=Nc2cccc(C(N)=O)c2)=C(C)O)c1)c1ccccc1. The van der Waals surface area contributed by atoms with Crippen LogP contribution < -0.4 is 16.4 Å². The van der Waals surface area contributed by atoms with Crippen LogP contribution in [-0.2, 0) is 28.7 Å². The van der Waals surface area contributed by atoms with E-state index in [4.69, 9.17) is 10.5 Å². The fraction of sp³-hybridized carbons (Fsp3) is 0.458. The lowest BCUT2D eigenvalue weighted by atomic mass is 9.82. The molecule has 0 aliphatic rings. The van der Waals surface area contributed by atoms with Crippen molar-refractivity contribution in [2.24, 2.45) is 39.6 Å². The third kappa shape index (κ3) is 17.1. The number of carboxylic acids is 1. The molecule has 6 N–H and O–H groups in total. The van der Waals surface area contributed by atoms with Crippen LogP contribution in [0.3, 0.4) is 0 Å². The topological polar surface area (TPSA) is 227 Å². The molecule has 0 heterocycles. The number of aliphatic carboxylic acids is 1. The van der Waals surface area contributed by atoms with Crippen LogP contribution in [0.5, 0.6) is 0 Å². The number of ketones is 1. The van der Waals surface area contributed by atoms with Gasteiger partial charge in [0.1, 0.15) is 11.5 Å². The number of amides is 3. The maximum Gasteiger partial charge on any atom is 0.308 e. The van der Waals surface area contributed by atoms with E-state index in [1.807, 2.05) is 51.1 Å². The summed E-state index contributed by atoms with van der Waals surface area (Å²) < 4.78 is 5.65. The number of azo groups is 1. The predicted molar refractivity (Wildman–Crippen MR) is 239 cm³/mol. The number of nitrogens with two attached hydrogens (primary N) is 1. The fourth-order valence-corrected chi connectivity index (χ4v) is 7.01. The Morgan fingerprint density at radius 2 is 1.34 bits per heavy atom. The molecule has 0 aliphatic carbocycles. The molecule has 0 aliphatic heterocycles. The van der Waals surface area contributed by atoms with Gasteiger partial charge in [0.05, 0.1) is 24.1 Å². The third-order valence-electron chi connectivity index (χ3n) is 11.1. The Bertz CT molecular complexity index is 2030. The highest BCUT2D eigenvalue weighted by Crippen LogP contribution is 2.34. The lowest BCUT2D eigenvalue weighted by Crippen LogP contribution is -2.25. The van der Waals surface area contributed by atoms with Crippen molar-refractivity contribution in [2.45, 2.75) is 111 Å². The van der Waals surface area contributed by atoms with E-state index in [-0.39, 0.29) is 58.0 Å². The molecule has 5 unspecified atom stereocenters. The number of ether oxygens (including phenoxy) is 1.